The van der Waals surface area contributed by atoms with Crippen molar-refractivity contribution in [2.75, 3.05) is 7.11 Å². The Bertz CT molecular complexity index is 874. The average molecular weight is 380 g/mol. The van der Waals surface area contributed by atoms with Crippen molar-refractivity contribution in [1.82, 2.24) is 5.32 Å². The van der Waals surface area contributed by atoms with Crippen LogP contribution in [0.15, 0.2) is 54.6 Å². The molecule has 1 atom stereocenters. The summed E-state index contributed by atoms with van der Waals surface area (Å²) in [5.41, 5.74) is 1.48. The van der Waals surface area contributed by atoms with Crippen LogP contribution in [-0.4, -0.2) is 31.0 Å². The van der Waals surface area contributed by atoms with Crippen LogP contribution in [0.4, 0.5) is 4.79 Å². The molecule has 1 N–H and O–H groups in total. The van der Waals surface area contributed by atoms with E-state index in [1.54, 1.807) is 54.6 Å². The number of hydrogen-bond acceptors (Lipinski definition) is 6. The summed E-state index contributed by atoms with van der Waals surface area (Å²) in [6, 6.07) is 16.4. The maximum absolute atomic E-state index is 12.2. The normalized spacial score (nSPS) is 11.0. The third kappa shape index (κ3) is 5.95. The number of methoxy groups -OCH3 is 1. The van der Waals surface area contributed by atoms with Crippen molar-refractivity contribution < 1.29 is 23.9 Å². The molecule has 2 rings (SSSR count). The van der Waals surface area contributed by atoms with Gasteiger partial charge >= 0.3 is 12.1 Å². The van der Waals surface area contributed by atoms with Crippen LogP contribution < -0.4 is 5.32 Å². The maximum atomic E-state index is 12.2. The fourth-order valence-corrected chi connectivity index (χ4v) is 2.52. The lowest BCUT2D eigenvalue weighted by Crippen LogP contribution is -2.42. The van der Waals surface area contributed by atoms with E-state index in [1.165, 1.54) is 7.11 Å². The van der Waals surface area contributed by atoms with Crippen molar-refractivity contribution in [2.45, 2.75) is 25.5 Å². The van der Waals surface area contributed by atoms with E-state index in [9.17, 15) is 14.4 Å². The number of nitrogens with zero attached hydrogens (tertiary/aromatic N) is 1. The summed E-state index contributed by atoms with van der Waals surface area (Å²) >= 11 is 0. The monoisotopic (exact) mass is 380 g/mol. The molecule has 0 aliphatic carbocycles. The minimum Gasteiger partial charge on any atom is -0.467 e. The minimum atomic E-state index is -1.02. The molecule has 0 aliphatic rings. The van der Waals surface area contributed by atoms with Gasteiger partial charge in [0.05, 0.1) is 18.7 Å². The number of hydrogen-bond donors (Lipinski definition) is 1. The second kappa shape index (κ2) is 10.5. The van der Waals surface area contributed by atoms with Crippen LogP contribution >= 0.6 is 0 Å². The number of esters is 1. The molecule has 0 saturated carbocycles. The number of amides is 1. The van der Waals surface area contributed by atoms with Gasteiger partial charge in [0.25, 0.3) is 0 Å². The van der Waals surface area contributed by atoms with Crippen LogP contribution in [0.5, 0.6) is 0 Å². The van der Waals surface area contributed by atoms with Crippen molar-refractivity contribution in [3.05, 3.63) is 71.3 Å². The summed E-state index contributed by atoms with van der Waals surface area (Å²) in [4.78, 5) is 36.2. The molecule has 0 radical (unpaired) electrons. The largest absolute Gasteiger partial charge is 0.467 e. The molecule has 2 aromatic rings. The zero-order valence-electron chi connectivity index (χ0n) is 15.4. The summed E-state index contributed by atoms with van der Waals surface area (Å²) in [6.07, 6.45) is -0.707. The number of carbonyl (C=O) groups excluding carboxylic acids is 3. The fourth-order valence-electron chi connectivity index (χ4n) is 2.52. The van der Waals surface area contributed by atoms with E-state index in [4.69, 9.17) is 10.00 Å². The van der Waals surface area contributed by atoms with E-state index in [0.29, 0.717) is 16.7 Å². The topological polar surface area (TPSA) is 105 Å². The molecule has 0 aliphatic heterocycles. The Morgan fingerprint density at radius 3 is 2.43 bits per heavy atom. The van der Waals surface area contributed by atoms with Crippen molar-refractivity contribution in [3.63, 3.8) is 0 Å². The lowest BCUT2D eigenvalue weighted by atomic mass is 10.0. The number of benzene rings is 2. The summed E-state index contributed by atoms with van der Waals surface area (Å²) in [6.45, 7) is -0.119. The molecule has 0 heterocycles. The van der Waals surface area contributed by atoms with E-state index in [-0.39, 0.29) is 25.2 Å². The van der Waals surface area contributed by atoms with Gasteiger partial charge in [0.15, 0.2) is 5.78 Å². The average Bonchev–Trinajstić information content (AvgIpc) is 2.75. The molecular weight excluding hydrogens is 360 g/mol. The van der Waals surface area contributed by atoms with Crippen LogP contribution in [0.2, 0.25) is 0 Å². The third-order valence-corrected chi connectivity index (χ3v) is 4.03. The first-order valence-electron chi connectivity index (χ1n) is 8.62. The van der Waals surface area contributed by atoms with E-state index in [2.05, 4.69) is 10.1 Å². The Labute approximate surface area is 162 Å². The van der Waals surface area contributed by atoms with Gasteiger partial charge in [-0.1, -0.05) is 48.5 Å². The van der Waals surface area contributed by atoms with E-state index >= 15 is 0 Å². The summed E-state index contributed by atoms with van der Waals surface area (Å²) in [5.74, 6) is -0.817. The molecule has 0 bridgehead atoms. The van der Waals surface area contributed by atoms with Crippen molar-refractivity contribution in [1.29, 1.82) is 5.26 Å². The highest BCUT2D eigenvalue weighted by Crippen LogP contribution is 2.10. The molecule has 28 heavy (non-hydrogen) atoms. The molecule has 0 saturated heterocycles. The molecule has 0 fully saturated rings. The van der Waals surface area contributed by atoms with Gasteiger partial charge < -0.3 is 14.8 Å². The molecule has 2 aromatic carbocycles. The number of Topliss-reactive ketones (excluding diaryl/α,β-unsaturated/α-hetero) is 1. The highest BCUT2D eigenvalue weighted by Gasteiger charge is 2.23. The van der Waals surface area contributed by atoms with Gasteiger partial charge in [0.2, 0.25) is 0 Å². The van der Waals surface area contributed by atoms with Crippen molar-refractivity contribution in [3.8, 4) is 6.07 Å². The number of ketones is 1. The van der Waals surface area contributed by atoms with Gasteiger partial charge in [-0.2, -0.15) is 5.26 Å². The SMILES string of the molecule is COC(=O)C(CCC(=O)c1ccccc1)NC(=O)OCc1ccccc1C#N. The molecule has 1 unspecified atom stereocenters. The number of nitriles is 1. The summed E-state index contributed by atoms with van der Waals surface area (Å²) in [7, 11) is 1.20. The highest BCUT2D eigenvalue weighted by atomic mass is 16.6. The number of rotatable bonds is 8. The molecule has 7 heteroatoms. The Hall–Kier alpha value is -3.66. The third-order valence-electron chi connectivity index (χ3n) is 4.03. The molecular formula is C21H20N2O5. The second-order valence-electron chi connectivity index (χ2n) is 5.89. The number of carbonyl (C=O) groups is 3. The minimum absolute atomic E-state index is 0.0569. The van der Waals surface area contributed by atoms with Crippen LogP contribution in [0, 0.1) is 11.3 Å². The van der Waals surface area contributed by atoms with E-state index < -0.39 is 18.1 Å². The van der Waals surface area contributed by atoms with Gasteiger partial charge in [-0.3, -0.25) is 4.79 Å². The number of alkyl carbamates (subject to hydrolysis) is 1. The van der Waals surface area contributed by atoms with Gasteiger partial charge in [0, 0.05) is 17.5 Å². The summed E-state index contributed by atoms with van der Waals surface area (Å²) < 4.78 is 9.78. The van der Waals surface area contributed by atoms with Crippen LogP contribution in [-0.2, 0) is 20.9 Å². The summed E-state index contributed by atoms with van der Waals surface area (Å²) in [5, 5.41) is 11.5. The Morgan fingerprint density at radius 2 is 1.75 bits per heavy atom. The zero-order valence-corrected chi connectivity index (χ0v) is 15.4. The van der Waals surface area contributed by atoms with Gasteiger partial charge in [0.1, 0.15) is 12.6 Å². The highest BCUT2D eigenvalue weighted by molar-refractivity contribution is 5.96. The molecule has 1 amide bonds. The fraction of sp³-hybridized carbons (Fsp3) is 0.238. The zero-order chi connectivity index (χ0) is 20.4. The van der Waals surface area contributed by atoms with Crippen LogP contribution in [0.1, 0.15) is 34.3 Å². The Kier molecular flexibility index (Phi) is 7.73. The molecule has 0 spiro atoms. The van der Waals surface area contributed by atoms with Crippen LogP contribution in [0.25, 0.3) is 0 Å². The number of ether oxygens (including phenoxy) is 2. The smallest absolute Gasteiger partial charge is 0.408 e. The molecule has 144 valence electrons. The van der Waals surface area contributed by atoms with Crippen LogP contribution in [0.3, 0.4) is 0 Å². The maximum Gasteiger partial charge on any atom is 0.408 e. The quantitative estimate of drug-likeness (QED) is 0.557. The predicted octanol–water partition coefficient (Wildman–Crippen LogP) is 2.99. The lowest BCUT2D eigenvalue weighted by molar-refractivity contribution is -0.143. The first-order valence-corrected chi connectivity index (χ1v) is 8.62. The first-order chi connectivity index (χ1) is 13.5. The molecule has 0 aromatic heterocycles. The standard InChI is InChI=1S/C21H20N2O5/c1-27-20(25)18(11-12-19(24)15-7-3-2-4-8-15)23-21(26)28-14-17-10-6-5-9-16(17)13-22/h2-10,18H,11-12,14H2,1H3,(H,23,26). The predicted molar refractivity (Wildman–Crippen MR) is 100 cm³/mol. The van der Waals surface area contributed by atoms with Crippen molar-refractivity contribution in [2.24, 2.45) is 0 Å². The van der Waals surface area contributed by atoms with E-state index in [0.717, 1.165) is 0 Å². The molecule has 7 nitrogen and oxygen atoms in total. The Balaban J connectivity index is 1.92. The first kappa shape index (κ1) is 20.6. The number of nitrogens with one attached hydrogen (secondary N) is 1. The lowest BCUT2D eigenvalue weighted by Gasteiger charge is -2.16. The second-order valence-corrected chi connectivity index (χ2v) is 5.89. The van der Waals surface area contributed by atoms with Gasteiger partial charge in [-0.05, 0) is 12.5 Å². The van der Waals surface area contributed by atoms with Gasteiger partial charge in [-0.15, -0.1) is 0 Å². The Morgan fingerprint density at radius 1 is 1.07 bits per heavy atom. The van der Waals surface area contributed by atoms with Crippen molar-refractivity contribution >= 4 is 17.8 Å². The van der Waals surface area contributed by atoms with E-state index in [1.807, 2.05) is 6.07 Å². The van der Waals surface area contributed by atoms with Gasteiger partial charge in [-0.25, -0.2) is 9.59 Å².